The number of hydrogen-bond donors (Lipinski definition) is 1. The minimum atomic E-state index is 0.740. The van der Waals surface area contributed by atoms with Crippen molar-refractivity contribution in [3.8, 4) is 5.69 Å². The molecule has 3 aromatic rings. The van der Waals surface area contributed by atoms with Gasteiger partial charge in [0.05, 0.1) is 18.4 Å². The van der Waals surface area contributed by atoms with Gasteiger partial charge in [0.25, 0.3) is 0 Å². The molecule has 1 aromatic carbocycles. The second kappa shape index (κ2) is 6.97. The number of fused-ring (bicyclic) bond motifs is 1. The maximum atomic E-state index is 4.43. The Morgan fingerprint density at radius 2 is 1.92 bits per heavy atom. The number of rotatable bonds is 5. The van der Waals surface area contributed by atoms with Gasteiger partial charge in [-0.05, 0) is 25.0 Å². The highest BCUT2D eigenvalue weighted by atomic mass is 15.3. The molecule has 1 aliphatic rings. The van der Waals surface area contributed by atoms with Crippen molar-refractivity contribution in [1.82, 2.24) is 29.9 Å². The van der Waals surface area contributed by atoms with E-state index in [1.54, 1.807) is 0 Å². The monoisotopic (exact) mass is 322 g/mol. The fourth-order valence-corrected chi connectivity index (χ4v) is 3.17. The maximum Gasteiger partial charge on any atom is 0.147 e. The summed E-state index contributed by atoms with van der Waals surface area (Å²) >= 11 is 0. The van der Waals surface area contributed by atoms with Crippen LogP contribution in [-0.4, -0.2) is 24.5 Å². The summed E-state index contributed by atoms with van der Waals surface area (Å²) in [6.07, 6.45) is 8.76. The molecule has 6 heteroatoms. The predicted octanol–water partition coefficient (Wildman–Crippen LogP) is 2.48. The van der Waals surface area contributed by atoms with Crippen LogP contribution in [0.1, 0.15) is 36.5 Å². The van der Waals surface area contributed by atoms with Gasteiger partial charge in [-0.1, -0.05) is 24.6 Å². The van der Waals surface area contributed by atoms with Gasteiger partial charge in [0, 0.05) is 31.3 Å². The fraction of sp³-hybridized carbons (Fsp3) is 0.389. The van der Waals surface area contributed by atoms with Gasteiger partial charge in [0.15, 0.2) is 0 Å². The summed E-state index contributed by atoms with van der Waals surface area (Å²) in [6.45, 7) is 2.56. The lowest BCUT2D eigenvalue weighted by Gasteiger charge is -2.07. The molecular formula is C18H22N6. The lowest BCUT2D eigenvalue weighted by molar-refractivity contribution is 0.572. The highest BCUT2D eigenvalue weighted by Gasteiger charge is 2.14. The third-order valence-corrected chi connectivity index (χ3v) is 4.46. The van der Waals surface area contributed by atoms with Gasteiger partial charge < -0.3 is 9.88 Å². The van der Waals surface area contributed by atoms with Crippen LogP contribution in [0.4, 0.5) is 0 Å². The molecule has 24 heavy (non-hydrogen) atoms. The zero-order chi connectivity index (χ0) is 16.2. The van der Waals surface area contributed by atoms with Crippen LogP contribution in [0.3, 0.4) is 0 Å². The molecule has 6 nitrogen and oxygen atoms in total. The van der Waals surface area contributed by atoms with Crippen LogP contribution in [-0.2, 0) is 26.1 Å². The first-order valence-electron chi connectivity index (χ1n) is 8.61. The quantitative estimate of drug-likeness (QED) is 0.784. The van der Waals surface area contributed by atoms with Crippen LogP contribution in [0.25, 0.3) is 5.69 Å². The number of nitrogens with zero attached hydrogens (tertiary/aromatic N) is 5. The number of nitrogens with one attached hydrogen (secondary N) is 1. The standard InChI is InChI=1S/C18H22N6/c1-3-7-16(8-4-1)24-14-15(12-20-24)11-19-13-18-22-21-17-9-5-2-6-10-23(17)18/h1,3-4,7-8,12,14,19H,2,5-6,9-11,13H2. The first kappa shape index (κ1) is 15.1. The molecule has 0 aliphatic carbocycles. The molecule has 0 fully saturated rings. The minimum Gasteiger partial charge on any atom is -0.314 e. The predicted molar refractivity (Wildman–Crippen MR) is 91.7 cm³/mol. The Balaban J connectivity index is 1.37. The lowest BCUT2D eigenvalue weighted by atomic mass is 10.2. The smallest absolute Gasteiger partial charge is 0.147 e. The Morgan fingerprint density at radius 1 is 1.00 bits per heavy atom. The number of aryl methyl sites for hydroxylation is 1. The topological polar surface area (TPSA) is 60.6 Å². The van der Waals surface area contributed by atoms with Crippen molar-refractivity contribution in [2.24, 2.45) is 0 Å². The van der Waals surface area contributed by atoms with Gasteiger partial charge in [-0.3, -0.25) is 0 Å². The van der Waals surface area contributed by atoms with Gasteiger partial charge in [-0.2, -0.15) is 5.10 Å². The van der Waals surface area contributed by atoms with E-state index in [0.717, 1.165) is 49.0 Å². The number of hydrogen-bond acceptors (Lipinski definition) is 4. The summed E-state index contributed by atoms with van der Waals surface area (Å²) < 4.78 is 4.19. The van der Waals surface area contributed by atoms with Gasteiger partial charge >= 0.3 is 0 Å². The van der Waals surface area contributed by atoms with Crippen molar-refractivity contribution in [3.63, 3.8) is 0 Å². The summed E-state index contributed by atoms with van der Waals surface area (Å²) in [7, 11) is 0. The van der Waals surface area contributed by atoms with Crippen LogP contribution in [0.15, 0.2) is 42.7 Å². The van der Waals surface area contributed by atoms with Crippen LogP contribution in [0.5, 0.6) is 0 Å². The van der Waals surface area contributed by atoms with E-state index in [4.69, 9.17) is 0 Å². The molecule has 0 radical (unpaired) electrons. The molecule has 0 saturated carbocycles. The van der Waals surface area contributed by atoms with E-state index in [1.165, 1.54) is 19.3 Å². The zero-order valence-electron chi connectivity index (χ0n) is 13.7. The second-order valence-corrected chi connectivity index (χ2v) is 6.23. The van der Waals surface area contributed by atoms with E-state index >= 15 is 0 Å². The van der Waals surface area contributed by atoms with Gasteiger partial charge in [-0.15, -0.1) is 10.2 Å². The van der Waals surface area contributed by atoms with E-state index in [0.29, 0.717) is 0 Å². The summed E-state index contributed by atoms with van der Waals surface area (Å²) in [5, 5.41) is 16.6. The highest BCUT2D eigenvalue weighted by Crippen LogP contribution is 2.14. The van der Waals surface area contributed by atoms with Crippen molar-refractivity contribution in [2.45, 2.75) is 45.3 Å². The molecule has 0 unspecified atom stereocenters. The largest absolute Gasteiger partial charge is 0.314 e. The van der Waals surface area contributed by atoms with E-state index < -0.39 is 0 Å². The van der Waals surface area contributed by atoms with Crippen molar-refractivity contribution >= 4 is 0 Å². The molecule has 124 valence electrons. The van der Waals surface area contributed by atoms with Gasteiger partial charge in [0.1, 0.15) is 11.6 Å². The van der Waals surface area contributed by atoms with E-state index in [2.05, 4.69) is 43.5 Å². The number of benzene rings is 1. The summed E-state index contributed by atoms with van der Waals surface area (Å²) in [5.74, 6) is 2.18. The van der Waals surface area contributed by atoms with Crippen molar-refractivity contribution in [1.29, 1.82) is 0 Å². The Morgan fingerprint density at radius 3 is 2.83 bits per heavy atom. The molecule has 0 saturated heterocycles. The van der Waals surface area contributed by atoms with Crippen LogP contribution in [0, 0.1) is 0 Å². The van der Waals surface area contributed by atoms with E-state index in [9.17, 15) is 0 Å². The summed E-state index contributed by atoms with van der Waals surface area (Å²) in [4.78, 5) is 0. The molecule has 2 aromatic heterocycles. The zero-order valence-corrected chi connectivity index (χ0v) is 13.7. The average Bonchev–Trinajstić information content (AvgIpc) is 3.17. The fourth-order valence-electron chi connectivity index (χ4n) is 3.17. The summed E-state index contributed by atoms with van der Waals surface area (Å²) in [5.41, 5.74) is 2.24. The number of para-hydroxylation sites is 1. The molecule has 0 atom stereocenters. The first-order chi connectivity index (χ1) is 11.9. The molecule has 0 amide bonds. The molecule has 1 aliphatic heterocycles. The Bertz CT molecular complexity index is 789. The Labute approximate surface area is 141 Å². The van der Waals surface area contributed by atoms with Crippen LogP contribution in [0.2, 0.25) is 0 Å². The highest BCUT2D eigenvalue weighted by molar-refractivity contribution is 5.30. The molecule has 4 rings (SSSR count). The minimum absolute atomic E-state index is 0.740. The maximum absolute atomic E-state index is 4.43. The van der Waals surface area contributed by atoms with Crippen molar-refractivity contribution < 1.29 is 0 Å². The van der Waals surface area contributed by atoms with Gasteiger partial charge in [-0.25, -0.2) is 4.68 Å². The van der Waals surface area contributed by atoms with E-state index in [-0.39, 0.29) is 0 Å². The molecule has 0 spiro atoms. The third-order valence-electron chi connectivity index (χ3n) is 4.46. The Hall–Kier alpha value is -2.47. The second-order valence-electron chi connectivity index (χ2n) is 6.23. The van der Waals surface area contributed by atoms with Crippen molar-refractivity contribution in [2.75, 3.05) is 0 Å². The van der Waals surface area contributed by atoms with Crippen molar-refractivity contribution in [3.05, 3.63) is 59.9 Å². The molecule has 3 heterocycles. The van der Waals surface area contributed by atoms with Gasteiger partial charge in [0.2, 0.25) is 0 Å². The lowest BCUT2D eigenvalue weighted by Crippen LogP contribution is -2.17. The van der Waals surface area contributed by atoms with Crippen LogP contribution < -0.4 is 5.32 Å². The molecular weight excluding hydrogens is 300 g/mol. The normalized spacial score (nSPS) is 14.3. The third kappa shape index (κ3) is 3.23. The first-order valence-corrected chi connectivity index (χ1v) is 8.61. The number of aromatic nitrogens is 5. The van der Waals surface area contributed by atoms with E-state index in [1.807, 2.05) is 29.1 Å². The summed E-state index contributed by atoms with van der Waals surface area (Å²) in [6, 6.07) is 10.2. The molecule has 1 N–H and O–H groups in total. The van der Waals surface area contributed by atoms with Crippen LogP contribution >= 0.6 is 0 Å². The average molecular weight is 322 g/mol. The molecule has 0 bridgehead atoms. The Kier molecular flexibility index (Phi) is 4.38. The SMILES string of the molecule is c1ccc(-n2cc(CNCc3nnc4n3CCCCC4)cn2)cc1.